The van der Waals surface area contributed by atoms with E-state index in [1.165, 1.54) is 41.0 Å². The number of oxazole rings is 1. The third-order valence-electron chi connectivity index (χ3n) is 10.8. The molecule has 5 heterocycles. The van der Waals surface area contributed by atoms with E-state index < -0.39 is 41.3 Å². The van der Waals surface area contributed by atoms with Crippen molar-refractivity contribution in [2.45, 2.75) is 65.3 Å². The van der Waals surface area contributed by atoms with Crippen molar-refractivity contribution in [3.05, 3.63) is 106 Å². The van der Waals surface area contributed by atoms with E-state index in [0.29, 0.717) is 28.2 Å². The number of fused-ring (bicyclic) bond motifs is 1. The smallest absolute Gasteiger partial charge is 0.274 e. The summed E-state index contributed by atoms with van der Waals surface area (Å²) >= 11 is 1.57. The van der Waals surface area contributed by atoms with Gasteiger partial charge in [-0.2, -0.15) is 5.10 Å². The van der Waals surface area contributed by atoms with Gasteiger partial charge in [-0.25, -0.2) is 19.6 Å². The lowest BCUT2D eigenvalue weighted by atomic mass is 9.85. The van der Waals surface area contributed by atoms with Gasteiger partial charge in [0.05, 0.1) is 54.8 Å². The lowest BCUT2D eigenvalue weighted by Gasteiger charge is -2.35. The minimum Gasteiger partial charge on any atom is -0.490 e. The number of rotatable bonds is 19. The van der Waals surface area contributed by atoms with E-state index >= 15 is 0 Å². The highest BCUT2D eigenvalue weighted by atomic mass is 32.1. The normalized spacial score (nSPS) is 15.3. The first-order chi connectivity index (χ1) is 32.1. The van der Waals surface area contributed by atoms with Crippen LogP contribution in [-0.2, 0) is 37.4 Å². The average molecular weight is 936 g/mol. The van der Waals surface area contributed by atoms with Crippen LogP contribution in [-0.4, -0.2) is 116 Å². The van der Waals surface area contributed by atoms with Gasteiger partial charge in [0.15, 0.2) is 5.58 Å². The van der Waals surface area contributed by atoms with Gasteiger partial charge in [-0.05, 0) is 59.9 Å². The summed E-state index contributed by atoms with van der Waals surface area (Å²) in [6.07, 6.45) is 0.642. The van der Waals surface area contributed by atoms with Crippen LogP contribution in [0.5, 0.6) is 5.75 Å². The molecule has 6 aromatic rings. The molecule has 3 atom stereocenters. The quantitative estimate of drug-likeness (QED) is 0.0830. The fourth-order valence-corrected chi connectivity index (χ4v) is 8.06. The molecule has 1 saturated heterocycles. The number of aromatic nitrogens is 5. The standard InChI is InChI=1S/C47H53N9O10S/c1-28-41(67-27-50-28)30-8-6-29(7-9-30)24-49-44(61)37-23-32(57)26-56(37)46(62)42(47(2,3)4)53-39(58)16-17-63-18-19-64-20-21-65-33-11-12-34(48-25-33)43(60)51-31-10-14-38-36(22-31)52-45(66-38)35-13-15-40(59)55(5)54-35/h6-15,22,25,27,32,37,42,57H,16-21,23-24,26H2,1-5H3,(H,49,61)(H,51,60)(H,53,58)/t32-,37?,42-/m1/s1. The van der Waals surface area contributed by atoms with Crippen LogP contribution in [0.15, 0.2) is 87.6 Å². The van der Waals surface area contributed by atoms with Crippen LogP contribution >= 0.6 is 11.3 Å². The first-order valence-corrected chi connectivity index (χ1v) is 22.6. The van der Waals surface area contributed by atoms with Crippen LogP contribution in [0.25, 0.3) is 33.1 Å². The number of pyridine rings is 1. The average Bonchev–Trinajstić information content (AvgIpc) is 4.05. The van der Waals surface area contributed by atoms with Crippen molar-refractivity contribution < 1.29 is 42.9 Å². The van der Waals surface area contributed by atoms with Crippen molar-refractivity contribution in [1.29, 1.82) is 0 Å². The third-order valence-corrected chi connectivity index (χ3v) is 11.8. The van der Waals surface area contributed by atoms with Gasteiger partial charge in [0, 0.05) is 44.7 Å². The van der Waals surface area contributed by atoms with Crippen LogP contribution in [0.2, 0.25) is 0 Å². The maximum Gasteiger partial charge on any atom is 0.274 e. The number of aliphatic hydroxyl groups excluding tert-OH is 1. The molecule has 1 fully saturated rings. The zero-order valence-electron chi connectivity index (χ0n) is 37.8. The molecule has 0 saturated carbocycles. The molecule has 1 aliphatic heterocycles. The SMILES string of the molecule is Cc1ncsc1-c1ccc(CNC(=O)C2C[C@@H](O)CN2C(=O)[C@@H](NC(=O)CCOCCOCCOc2ccc(C(=O)Nc3ccc4oc(-c5ccc(=O)n(C)n5)nc4c3)nc2)C(C)(C)C)cc1. The maximum atomic E-state index is 13.9. The highest BCUT2D eigenvalue weighted by molar-refractivity contribution is 7.13. The third kappa shape index (κ3) is 12.5. The van der Waals surface area contributed by atoms with Crippen LogP contribution < -0.4 is 26.2 Å². The van der Waals surface area contributed by atoms with E-state index in [4.69, 9.17) is 18.6 Å². The zero-order valence-corrected chi connectivity index (χ0v) is 38.6. The Kier molecular flexibility index (Phi) is 15.5. The molecule has 4 N–H and O–H groups in total. The molecule has 67 heavy (non-hydrogen) atoms. The number of carbonyl (C=O) groups excluding carboxylic acids is 4. The summed E-state index contributed by atoms with van der Waals surface area (Å²) in [7, 11) is 1.53. The number of aryl methyl sites for hydroxylation is 2. The van der Waals surface area contributed by atoms with E-state index in [9.17, 15) is 29.1 Å². The van der Waals surface area contributed by atoms with E-state index in [2.05, 4.69) is 36.0 Å². The second kappa shape index (κ2) is 21.6. The molecule has 4 amide bonds. The molecule has 0 bridgehead atoms. The van der Waals surface area contributed by atoms with Crippen molar-refractivity contribution in [1.82, 2.24) is 40.3 Å². The van der Waals surface area contributed by atoms with Crippen molar-refractivity contribution in [2.24, 2.45) is 12.5 Å². The predicted molar refractivity (Wildman–Crippen MR) is 248 cm³/mol. The molecule has 20 heteroatoms. The Morgan fingerprint density at radius 1 is 0.955 bits per heavy atom. The fourth-order valence-electron chi connectivity index (χ4n) is 7.24. The molecule has 352 valence electrons. The van der Waals surface area contributed by atoms with Gasteiger partial charge in [-0.1, -0.05) is 45.0 Å². The maximum absolute atomic E-state index is 13.9. The number of carbonyl (C=O) groups is 4. The van der Waals surface area contributed by atoms with Gasteiger partial charge in [-0.15, -0.1) is 11.3 Å². The molecule has 0 radical (unpaired) electrons. The summed E-state index contributed by atoms with van der Waals surface area (Å²) in [5.41, 5.74) is 5.76. The molecule has 1 unspecified atom stereocenters. The molecule has 19 nitrogen and oxygen atoms in total. The fraction of sp³-hybridized carbons (Fsp3) is 0.383. The van der Waals surface area contributed by atoms with E-state index in [-0.39, 0.29) is 82.0 Å². The number of amides is 4. The van der Waals surface area contributed by atoms with Crippen molar-refractivity contribution in [3.63, 3.8) is 0 Å². The molecular weight excluding hydrogens is 883 g/mol. The van der Waals surface area contributed by atoms with Crippen LogP contribution in [0, 0.1) is 12.3 Å². The first kappa shape index (κ1) is 48.1. The van der Waals surface area contributed by atoms with Gasteiger partial charge < -0.3 is 44.6 Å². The molecule has 1 aliphatic rings. The Bertz CT molecular complexity index is 2750. The number of aliphatic hydroxyl groups is 1. The highest BCUT2D eigenvalue weighted by Gasteiger charge is 2.44. The Morgan fingerprint density at radius 3 is 2.42 bits per heavy atom. The van der Waals surface area contributed by atoms with E-state index in [1.54, 1.807) is 41.1 Å². The van der Waals surface area contributed by atoms with E-state index in [0.717, 1.165) is 21.7 Å². The van der Waals surface area contributed by atoms with Crippen molar-refractivity contribution in [3.8, 4) is 27.8 Å². The summed E-state index contributed by atoms with van der Waals surface area (Å²) in [5.74, 6) is -0.967. The highest BCUT2D eigenvalue weighted by Crippen LogP contribution is 2.29. The first-order valence-electron chi connectivity index (χ1n) is 21.7. The molecule has 7 rings (SSSR count). The van der Waals surface area contributed by atoms with Crippen LogP contribution in [0.4, 0.5) is 5.69 Å². The minimum absolute atomic E-state index is 0.00688. The van der Waals surface area contributed by atoms with Gasteiger partial charge in [-0.3, -0.25) is 24.0 Å². The predicted octanol–water partition coefficient (Wildman–Crippen LogP) is 4.28. The number of anilines is 1. The topological polar surface area (TPSA) is 242 Å². The number of thiazole rings is 1. The lowest BCUT2D eigenvalue weighted by molar-refractivity contribution is -0.144. The number of benzene rings is 2. The Balaban J connectivity index is 0.778. The summed E-state index contributed by atoms with van der Waals surface area (Å²) in [4.78, 5) is 80.4. The summed E-state index contributed by atoms with van der Waals surface area (Å²) in [6.45, 7) is 8.69. The van der Waals surface area contributed by atoms with Crippen molar-refractivity contribution in [2.75, 3.05) is 44.9 Å². The van der Waals surface area contributed by atoms with Crippen molar-refractivity contribution >= 4 is 51.8 Å². The largest absolute Gasteiger partial charge is 0.490 e. The molecule has 0 spiro atoms. The Hall–Kier alpha value is -6.87. The van der Waals surface area contributed by atoms with Gasteiger partial charge in [0.1, 0.15) is 41.3 Å². The number of β-amino-alcohol motifs (C(OH)–C–C–N with tert-alkyl or cyclic N) is 1. The summed E-state index contributed by atoms with van der Waals surface area (Å²) < 4.78 is 23.8. The molecular formula is C47H53N9O10S. The second-order valence-corrected chi connectivity index (χ2v) is 17.8. The molecule has 4 aromatic heterocycles. The number of nitrogens with zero attached hydrogens (tertiary/aromatic N) is 6. The van der Waals surface area contributed by atoms with Crippen LogP contribution in [0.3, 0.4) is 0 Å². The zero-order chi connectivity index (χ0) is 47.7. The number of nitrogens with one attached hydrogen (secondary N) is 3. The molecule has 0 aliphatic carbocycles. The summed E-state index contributed by atoms with van der Waals surface area (Å²) in [6, 6.07) is 17.1. The Labute approximate surface area is 389 Å². The number of hydrogen-bond acceptors (Lipinski definition) is 15. The molecule has 2 aromatic carbocycles. The Morgan fingerprint density at radius 2 is 1.72 bits per heavy atom. The van der Waals surface area contributed by atoms with E-state index in [1.807, 2.05) is 52.0 Å². The van der Waals surface area contributed by atoms with Gasteiger partial charge in [0.2, 0.25) is 23.6 Å². The van der Waals surface area contributed by atoms with Gasteiger partial charge >= 0.3 is 0 Å². The van der Waals surface area contributed by atoms with Gasteiger partial charge in [0.25, 0.3) is 11.5 Å². The monoisotopic (exact) mass is 935 g/mol. The summed E-state index contributed by atoms with van der Waals surface area (Å²) in [5, 5.41) is 23.3. The second-order valence-electron chi connectivity index (χ2n) is 17.0. The van der Waals surface area contributed by atoms with Crippen LogP contribution in [0.1, 0.15) is 55.4 Å². The minimum atomic E-state index is -0.953. The number of ether oxygens (including phenoxy) is 3. The number of likely N-dealkylation sites (tertiary alicyclic amines) is 1. The number of hydrogen-bond donors (Lipinski definition) is 4. The lowest BCUT2D eigenvalue weighted by Crippen LogP contribution is -2.57.